The Morgan fingerprint density at radius 2 is 2.00 bits per heavy atom. The summed E-state index contributed by atoms with van der Waals surface area (Å²) in [6.45, 7) is 1.97. The molecule has 0 saturated heterocycles. The summed E-state index contributed by atoms with van der Waals surface area (Å²) >= 11 is 0. The minimum atomic E-state index is -4.56. The lowest BCUT2D eigenvalue weighted by atomic mass is 10.2. The molecule has 2 atom stereocenters. The average Bonchev–Trinajstić information content (AvgIpc) is 1.82. The van der Waals surface area contributed by atoms with Gasteiger partial charge >= 0.3 is 0 Å². The maximum Gasteiger partial charge on any atom is 0.265 e. The van der Waals surface area contributed by atoms with Crippen molar-refractivity contribution >= 4 is 7.82 Å². The monoisotopic (exact) mass is 211 g/mol. The Hall–Kier alpha value is 0.0700. The summed E-state index contributed by atoms with van der Waals surface area (Å²) in [4.78, 5) is 18.7. The van der Waals surface area contributed by atoms with Crippen LogP contribution in [0.3, 0.4) is 0 Å². The molecule has 13 heavy (non-hydrogen) atoms. The van der Waals surface area contributed by atoms with Gasteiger partial charge in [0.25, 0.3) is 7.82 Å². The van der Waals surface area contributed by atoms with Gasteiger partial charge in [0.2, 0.25) is 0 Å². The molecule has 0 fully saturated rings. The van der Waals surface area contributed by atoms with Crippen molar-refractivity contribution in [3.05, 3.63) is 0 Å². The molecule has 0 aromatic heterocycles. The van der Waals surface area contributed by atoms with Crippen molar-refractivity contribution in [1.29, 1.82) is 0 Å². The van der Waals surface area contributed by atoms with Gasteiger partial charge in [-0.3, -0.25) is 4.57 Å². The van der Waals surface area contributed by atoms with Crippen LogP contribution in [0.1, 0.15) is 13.3 Å². The van der Waals surface area contributed by atoms with Crippen LogP contribution in [0.4, 0.5) is 0 Å². The second-order valence-electron chi connectivity index (χ2n) is 3.94. The third kappa shape index (κ3) is 6.18. The highest BCUT2D eigenvalue weighted by Crippen LogP contribution is 2.31. The highest BCUT2D eigenvalue weighted by molar-refractivity contribution is 7.44. The van der Waals surface area contributed by atoms with Gasteiger partial charge in [-0.05, 0) is 6.42 Å². The summed E-state index contributed by atoms with van der Waals surface area (Å²) in [5, 5.41) is 0. The Labute approximate surface area is 79.2 Å². The molecule has 0 aromatic rings. The molecule has 0 radical (unpaired) electrons. The topological polar surface area (TPSA) is 69.6 Å². The molecule has 0 bridgehead atoms. The van der Waals surface area contributed by atoms with Crippen molar-refractivity contribution in [1.82, 2.24) is 0 Å². The molecule has 0 rings (SSSR count). The molecule has 5 nitrogen and oxygen atoms in total. The molecule has 0 spiro atoms. The van der Waals surface area contributed by atoms with Crippen LogP contribution in [0.25, 0.3) is 0 Å². The van der Waals surface area contributed by atoms with Crippen LogP contribution < -0.4 is 4.89 Å². The normalized spacial score (nSPS) is 19.5. The zero-order chi connectivity index (χ0) is 10.7. The quantitative estimate of drug-likeness (QED) is 0.511. The molecule has 2 unspecified atom stereocenters. The molecule has 0 amide bonds. The maximum atomic E-state index is 10.3. The number of phosphoric ester groups is 1. The molecule has 0 aliphatic carbocycles. The van der Waals surface area contributed by atoms with Gasteiger partial charge in [0.05, 0.1) is 21.1 Å². The van der Waals surface area contributed by atoms with Crippen LogP contribution in [-0.4, -0.2) is 43.2 Å². The summed E-state index contributed by atoms with van der Waals surface area (Å²) in [7, 11) is 1.28. The van der Waals surface area contributed by atoms with E-state index in [4.69, 9.17) is 4.89 Å². The number of hydrogen-bond acceptors (Lipinski definition) is 3. The minimum Gasteiger partial charge on any atom is -0.756 e. The smallest absolute Gasteiger partial charge is 0.265 e. The third-order valence-electron chi connectivity index (χ3n) is 2.00. The van der Waals surface area contributed by atoms with Gasteiger partial charge < -0.3 is 18.8 Å². The number of likely N-dealkylation sites (N-methyl/N-ethyl adjacent to an activating group) is 1. The molecule has 0 aromatic carbocycles. The van der Waals surface area contributed by atoms with Gasteiger partial charge in [-0.2, -0.15) is 0 Å². The Bertz CT molecular complexity index is 195. The molecule has 6 heteroatoms. The first kappa shape index (κ1) is 13.1. The maximum absolute atomic E-state index is 10.3. The Morgan fingerprint density at radius 3 is 2.23 bits per heavy atom. The second-order valence-corrected chi connectivity index (χ2v) is 5.14. The first-order valence-electron chi connectivity index (χ1n) is 4.16. The van der Waals surface area contributed by atoms with Gasteiger partial charge in [-0.25, -0.2) is 0 Å². The Morgan fingerprint density at radius 1 is 1.54 bits per heavy atom. The SMILES string of the molecule is CCC(COP(=O)([O-])O)[N+](C)(C)C. The van der Waals surface area contributed by atoms with Gasteiger partial charge in [-0.15, -0.1) is 0 Å². The van der Waals surface area contributed by atoms with Gasteiger partial charge in [0.15, 0.2) is 0 Å². The largest absolute Gasteiger partial charge is 0.756 e. The van der Waals surface area contributed by atoms with Gasteiger partial charge in [0.1, 0.15) is 12.6 Å². The predicted octanol–water partition coefficient (Wildman–Crippen LogP) is -0.0515. The number of quaternary nitrogens is 1. The van der Waals surface area contributed by atoms with E-state index in [9.17, 15) is 9.46 Å². The van der Waals surface area contributed by atoms with Crippen molar-refractivity contribution in [3.8, 4) is 0 Å². The van der Waals surface area contributed by atoms with Crippen LogP contribution in [0, 0.1) is 0 Å². The lowest BCUT2D eigenvalue weighted by Crippen LogP contribution is -2.47. The molecule has 0 aliphatic rings. The van der Waals surface area contributed by atoms with Crippen LogP contribution in [0.15, 0.2) is 0 Å². The summed E-state index contributed by atoms with van der Waals surface area (Å²) in [5.41, 5.74) is 0. The van der Waals surface area contributed by atoms with E-state index in [1.54, 1.807) is 0 Å². The average molecular weight is 211 g/mol. The highest BCUT2D eigenvalue weighted by atomic mass is 31.2. The van der Waals surface area contributed by atoms with E-state index in [-0.39, 0.29) is 12.6 Å². The zero-order valence-electron chi connectivity index (χ0n) is 8.56. The van der Waals surface area contributed by atoms with E-state index in [0.717, 1.165) is 6.42 Å². The first-order valence-corrected chi connectivity index (χ1v) is 5.66. The van der Waals surface area contributed by atoms with Crippen LogP contribution in [-0.2, 0) is 9.09 Å². The van der Waals surface area contributed by atoms with E-state index < -0.39 is 7.82 Å². The van der Waals surface area contributed by atoms with E-state index >= 15 is 0 Å². The van der Waals surface area contributed by atoms with Crippen molar-refractivity contribution in [2.24, 2.45) is 0 Å². The van der Waals surface area contributed by atoms with Crippen molar-refractivity contribution in [3.63, 3.8) is 0 Å². The first-order chi connectivity index (χ1) is 5.67. The molecule has 0 aliphatic heterocycles. The minimum absolute atomic E-state index is 0.0251. The number of hydrogen-bond donors (Lipinski definition) is 1. The molecule has 0 heterocycles. The van der Waals surface area contributed by atoms with Crippen molar-refractivity contribution < 1.29 is 23.4 Å². The molecule has 80 valence electrons. The fourth-order valence-corrected chi connectivity index (χ4v) is 1.43. The fourth-order valence-electron chi connectivity index (χ4n) is 1.07. The number of nitrogens with zero attached hydrogens (tertiary/aromatic N) is 1. The summed E-state index contributed by atoms with van der Waals surface area (Å²) in [6, 6.07) is 0.0643. The van der Waals surface area contributed by atoms with Crippen LogP contribution in [0.5, 0.6) is 0 Å². The van der Waals surface area contributed by atoms with E-state index in [2.05, 4.69) is 4.52 Å². The van der Waals surface area contributed by atoms with Crippen LogP contribution >= 0.6 is 7.82 Å². The zero-order valence-corrected chi connectivity index (χ0v) is 9.45. The second kappa shape index (κ2) is 4.53. The van der Waals surface area contributed by atoms with E-state index in [1.807, 2.05) is 28.1 Å². The Kier molecular flexibility index (Phi) is 4.55. The third-order valence-corrected chi connectivity index (χ3v) is 2.47. The van der Waals surface area contributed by atoms with Crippen molar-refractivity contribution in [2.45, 2.75) is 19.4 Å². The van der Waals surface area contributed by atoms with E-state index in [1.165, 1.54) is 0 Å². The summed E-state index contributed by atoms with van der Waals surface area (Å²) in [6.07, 6.45) is 0.795. The highest BCUT2D eigenvalue weighted by Gasteiger charge is 2.23. The van der Waals surface area contributed by atoms with Crippen molar-refractivity contribution in [2.75, 3.05) is 27.7 Å². The molecule has 1 N–H and O–H groups in total. The summed E-state index contributed by atoms with van der Waals surface area (Å²) in [5.74, 6) is 0. The van der Waals surface area contributed by atoms with Gasteiger partial charge in [-0.1, -0.05) is 6.92 Å². The molecule has 0 saturated carbocycles. The van der Waals surface area contributed by atoms with Gasteiger partial charge in [0, 0.05) is 0 Å². The lowest BCUT2D eigenvalue weighted by molar-refractivity contribution is -0.896. The Balaban J connectivity index is 4.09. The lowest BCUT2D eigenvalue weighted by Gasteiger charge is -2.34. The molecular weight excluding hydrogens is 193 g/mol. The number of phosphoric acid groups is 1. The predicted molar refractivity (Wildman–Crippen MR) is 47.9 cm³/mol. The standard InChI is InChI=1S/C7H18NO4P/c1-5-7(8(2,3)4)6-12-13(9,10)11/h7H,5-6H2,1-4H3,(H-,9,10,11). The van der Waals surface area contributed by atoms with Crippen LogP contribution in [0.2, 0.25) is 0 Å². The number of rotatable bonds is 5. The summed E-state index contributed by atoms with van der Waals surface area (Å²) < 4.78 is 15.3. The van der Waals surface area contributed by atoms with E-state index in [0.29, 0.717) is 4.48 Å². The fraction of sp³-hybridized carbons (Fsp3) is 1.00. The molecular formula is C7H18NO4P.